The lowest BCUT2D eigenvalue weighted by atomic mass is 10.2. The molecule has 0 atom stereocenters. The SMILES string of the molecule is Cc1ccc([N+](=O)[O-])cc1NC(=O)Nc1ccc(N(C)C)cc1. The molecule has 2 aromatic rings. The summed E-state index contributed by atoms with van der Waals surface area (Å²) in [5.41, 5.74) is 2.73. The highest BCUT2D eigenvalue weighted by Gasteiger charge is 2.11. The molecule has 7 nitrogen and oxygen atoms in total. The maximum Gasteiger partial charge on any atom is 0.323 e. The van der Waals surface area contributed by atoms with Crippen molar-refractivity contribution in [1.29, 1.82) is 0 Å². The molecule has 2 N–H and O–H groups in total. The molecular formula is C16H18N4O3. The Hall–Kier alpha value is -3.09. The number of benzene rings is 2. The molecule has 0 spiro atoms. The molecule has 0 bridgehead atoms. The highest BCUT2D eigenvalue weighted by atomic mass is 16.6. The molecule has 0 fully saturated rings. The first-order valence-electron chi connectivity index (χ1n) is 6.97. The summed E-state index contributed by atoms with van der Waals surface area (Å²) in [6.07, 6.45) is 0. The number of hydrogen-bond donors (Lipinski definition) is 2. The number of nitrogens with one attached hydrogen (secondary N) is 2. The van der Waals surface area contributed by atoms with Gasteiger partial charge in [-0.05, 0) is 36.8 Å². The first-order valence-corrected chi connectivity index (χ1v) is 6.97. The Morgan fingerprint density at radius 3 is 2.30 bits per heavy atom. The summed E-state index contributed by atoms with van der Waals surface area (Å²) in [5.74, 6) is 0. The second-order valence-electron chi connectivity index (χ2n) is 5.28. The largest absolute Gasteiger partial charge is 0.378 e. The number of carbonyl (C=O) groups is 1. The number of urea groups is 1. The van der Waals surface area contributed by atoms with Crippen molar-refractivity contribution in [2.45, 2.75) is 6.92 Å². The Morgan fingerprint density at radius 2 is 1.74 bits per heavy atom. The lowest BCUT2D eigenvalue weighted by Crippen LogP contribution is -2.20. The molecule has 2 rings (SSSR count). The molecule has 2 amide bonds. The van der Waals surface area contributed by atoms with Crippen molar-refractivity contribution in [1.82, 2.24) is 0 Å². The minimum Gasteiger partial charge on any atom is -0.378 e. The Kier molecular flexibility index (Phi) is 4.80. The van der Waals surface area contributed by atoms with Crippen LogP contribution >= 0.6 is 0 Å². The second kappa shape index (κ2) is 6.78. The quantitative estimate of drug-likeness (QED) is 0.666. The predicted octanol–water partition coefficient (Wildman–Crippen LogP) is 3.61. The van der Waals surface area contributed by atoms with Crippen LogP contribution in [0, 0.1) is 17.0 Å². The van der Waals surface area contributed by atoms with Crippen molar-refractivity contribution < 1.29 is 9.72 Å². The number of non-ortho nitro benzene ring substituents is 1. The van der Waals surface area contributed by atoms with Crippen molar-refractivity contribution >= 4 is 28.8 Å². The third-order valence-corrected chi connectivity index (χ3v) is 3.32. The van der Waals surface area contributed by atoms with Gasteiger partial charge in [-0.2, -0.15) is 0 Å². The van der Waals surface area contributed by atoms with E-state index in [9.17, 15) is 14.9 Å². The van der Waals surface area contributed by atoms with Crippen molar-refractivity contribution in [2.24, 2.45) is 0 Å². The van der Waals surface area contributed by atoms with Crippen LogP contribution in [0.4, 0.5) is 27.5 Å². The number of nitro benzene ring substituents is 1. The normalized spacial score (nSPS) is 10.0. The first-order chi connectivity index (χ1) is 10.9. The van der Waals surface area contributed by atoms with Gasteiger partial charge in [-0.25, -0.2) is 4.79 Å². The summed E-state index contributed by atoms with van der Waals surface area (Å²) < 4.78 is 0. The molecule has 0 radical (unpaired) electrons. The number of hydrogen-bond acceptors (Lipinski definition) is 4. The fourth-order valence-corrected chi connectivity index (χ4v) is 1.99. The van der Waals surface area contributed by atoms with Crippen LogP contribution in [-0.2, 0) is 0 Å². The van der Waals surface area contributed by atoms with Crippen LogP contribution in [0.1, 0.15) is 5.56 Å². The van der Waals surface area contributed by atoms with Crippen molar-refractivity contribution in [3.63, 3.8) is 0 Å². The van der Waals surface area contributed by atoms with E-state index < -0.39 is 11.0 Å². The highest BCUT2D eigenvalue weighted by molar-refractivity contribution is 6.00. The fourth-order valence-electron chi connectivity index (χ4n) is 1.99. The van der Waals surface area contributed by atoms with Crippen LogP contribution in [0.2, 0.25) is 0 Å². The lowest BCUT2D eigenvalue weighted by Gasteiger charge is -2.13. The van der Waals surface area contributed by atoms with E-state index in [0.717, 1.165) is 11.3 Å². The zero-order valence-corrected chi connectivity index (χ0v) is 13.2. The summed E-state index contributed by atoms with van der Waals surface area (Å²) in [5, 5.41) is 16.1. The minimum absolute atomic E-state index is 0.0683. The standard InChI is InChI=1S/C16H18N4O3/c1-11-4-7-14(20(22)23)10-15(11)18-16(21)17-12-5-8-13(9-6-12)19(2)3/h4-10H,1-3H3,(H2,17,18,21). The fraction of sp³-hybridized carbons (Fsp3) is 0.188. The van der Waals surface area contributed by atoms with Crippen LogP contribution in [-0.4, -0.2) is 25.0 Å². The van der Waals surface area contributed by atoms with E-state index in [-0.39, 0.29) is 5.69 Å². The van der Waals surface area contributed by atoms with Gasteiger partial charge in [0.25, 0.3) is 5.69 Å². The maximum atomic E-state index is 12.0. The van der Waals surface area contributed by atoms with Crippen LogP contribution in [0.5, 0.6) is 0 Å². The molecule has 2 aromatic carbocycles. The minimum atomic E-state index is -0.498. The van der Waals surface area contributed by atoms with Gasteiger partial charge in [0.15, 0.2) is 0 Å². The van der Waals surface area contributed by atoms with Gasteiger partial charge in [0.2, 0.25) is 0 Å². The van der Waals surface area contributed by atoms with E-state index in [1.165, 1.54) is 12.1 Å². The molecule has 0 aliphatic carbocycles. The highest BCUT2D eigenvalue weighted by Crippen LogP contribution is 2.22. The predicted molar refractivity (Wildman–Crippen MR) is 91.2 cm³/mol. The van der Waals surface area contributed by atoms with Gasteiger partial charge >= 0.3 is 6.03 Å². The monoisotopic (exact) mass is 314 g/mol. The van der Waals surface area contributed by atoms with Crippen LogP contribution in [0.3, 0.4) is 0 Å². The van der Waals surface area contributed by atoms with Gasteiger partial charge in [0.05, 0.1) is 10.6 Å². The Morgan fingerprint density at radius 1 is 1.09 bits per heavy atom. The third kappa shape index (κ3) is 4.19. The summed E-state index contributed by atoms with van der Waals surface area (Å²) in [7, 11) is 3.86. The average molecular weight is 314 g/mol. The van der Waals surface area contributed by atoms with E-state index in [1.807, 2.05) is 31.1 Å². The first kappa shape index (κ1) is 16.3. The van der Waals surface area contributed by atoms with Crippen LogP contribution in [0.25, 0.3) is 0 Å². The van der Waals surface area contributed by atoms with Gasteiger partial charge in [-0.15, -0.1) is 0 Å². The zero-order chi connectivity index (χ0) is 17.0. The summed E-state index contributed by atoms with van der Waals surface area (Å²) in [4.78, 5) is 24.3. The number of nitro groups is 1. The molecule has 23 heavy (non-hydrogen) atoms. The Balaban J connectivity index is 2.07. The summed E-state index contributed by atoms with van der Waals surface area (Å²) >= 11 is 0. The van der Waals surface area contributed by atoms with Gasteiger partial charge in [-0.3, -0.25) is 10.1 Å². The van der Waals surface area contributed by atoms with E-state index in [4.69, 9.17) is 0 Å². The van der Waals surface area contributed by atoms with E-state index >= 15 is 0 Å². The van der Waals surface area contributed by atoms with Crippen molar-refractivity contribution in [2.75, 3.05) is 29.6 Å². The molecular weight excluding hydrogens is 296 g/mol. The third-order valence-electron chi connectivity index (χ3n) is 3.32. The number of anilines is 3. The van der Waals surface area contributed by atoms with E-state index in [2.05, 4.69) is 10.6 Å². The van der Waals surface area contributed by atoms with Crippen molar-refractivity contribution in [3.05, 3.63) is 58.1 Å². The van der Waals surface area contributed by atoms with Gasteiger partial charge in [0, 0.05) is 37.6 Å². The molecule has 0 aromatic heterocycles. The number of nitrogens with zero attached hydrogens (tertiary/aromatic N) is 2. The summed E-state index contributed by atoms with van der Waals surface area (Å²) in [6.45, 7) is 1.77. The van der Waals surface area contributed by atoms with Gasteiger partial charge in [0.1, 0.15) is 0 Å². The number of rotatable bonds is 4. The number of carbonyl (C=O) groups excluding carboxylic acids is 1. The lowest BCUT2D eigenvalue weighted by molar-refractivity contribution is -0.384. The molecule has 0 saturated heterocycles. The van der Waals surface area contributed by atoms with E-state index in [0.29, 0.717) is 11.4 Å². The molecule has 120 valence electrons. The molecule has 0 heterocycles. The van der Waals surface area contributed by atoms with Crippen LogP contribution < -0.4 is 15.5 Å². The molecule has 0 unspecified atom stereocenters. The topological polar surface area (TPSA) is 87.5 Å². The molecule has 0 aliphatic heterocycles. The maximum absolute atomic E-state index is 12.0. The average Bonchev–Trinajstić information content (AvgIpc) is 2.49. The zero-order valence-electron chi connectivity index (χ0n) is 13.2. The summed E-state index contributed by atoms with van der Waals surface area (Å²) in [6, 6.07) is 11.2. The van der Waals surface area contributed by atoms with Crippen molar-refractivity contribution in [3.8, 4) is 0 Å². The van der Waals surface area contributed by atoms with Gasteiger partial charge < -0.3 is 15.5 Å². The second-order valence-corrected chi connectivity index (χ2v) is 5.28. The Bertz CT molecular complexity index is 727. The number of aryl methyl sites for hydroxylation is 1. The molecule has 0 saturated carbocycles. The number of amides is 2. The smallest absolute Gasteiger partial charge is 0.323 e. The van der Waals surface area contributed by atoms with E-state index in [1.54, 1.807) is 25.1 Å². The molecule has 7 heteroatoms. The molecule has 0 aliphatic rings. The van der Waals surface area contributed by atoms with Crippen LogP contribution in [0.15, 0.2) is 42.5 Å². The van der Waals surface area contributed by atoms with Gasteiger partial charge in [-0.1, -0.05) is 6.07 Å². The Labute approximate surface area is 134 Å².